The Morgan fingerprint density at radius 1 is 0.750 bits per heavy atom. The number of allylic oxidation sites excluding steroid dienone is 9. The van der Waals surface area contributed by atoms with E-state index in [4.69, 9.17) is 4.42 Å². The third-order valence-corrected chi connectivity index (χ3v) is 3.93. The molecular weight excluding hydrogens is 396 g/mol. The molecule has 0 saturated carbocycles. The van der Waals surface area contributed by atoms with Crippen molar-refractivity contribution in [3.05, 3.63) is 139 Å². The zero-order chi connectivity index (χ0) is 22.1. The van der Waals surface area contributed by atoms with Crippen LogP contribution >= 0.6 is 0 Å². The van der Waals surface area contributed by atoms with Crippen molar-refractivity contribution in [3.8, 4) is 0 Å². The Morgan fingerprint density at radius 2 is 1.47 bits per heavy atom. The maximum Gasteiger partial charge on any atom is 0.172 e. The first kappa shape index (κ1) is 22.2. The first-order valence-electron chi connectivity index (χ1n) is 10.1. The van der Waals surface area contributed by atoms with E-state index >= 15 is 0 Å². The minimum Gasteiger partial charge on any atom is -0.465 e. The van der Waals surface area contributed by atoms with Crippen molar-refractivity contribution in [2.45, 2.75) is 0 Å². The molecular formula is C27H24N4O. The summed E-state index contributed by atoms with van der Waals surface area (Å²) < 4.78 is 5.21. The highest BCUT2D eigenvalue weighted by atomic mass is 16.3. The minimum atomic E-state index is 0.577. The van der Waals surface area contributed by atoms with Crippen molar-refractivity contribution < 1.29 is 4.42 Å². The van der Waals surface area contributed by atoms with Gasteiger partial charge in [0.15, 0.2) is 5.84 Å². The van der Waals surface area contributed by atoms with Crippen LogP contribution in [0.4, 0.5) is 5.69 Å². The fourth-order valence-electron chi connectivity index (χ4n) is 2.45. The normalized spacial score (nSPS) is 13.1. The number of rotatable bonds is 9. The van der Waals surface area contributed by atoms with Crippen molar-refractivity contribution in [1.82, 2.24) is 10.4 Å². The van der Waals surface area contributed by atoms with Gasteiger partial charge in [-0.1, -0.05) is 72.9 Å². The Labute approximate surface area is 188 Å². The fourth-order valence-corrected chi connectivity index (χ4v) is 2.45. The molecule has 0 radical (unpaired) electrons. The van der Waals surface area contributed by atoms with Crippen LogP contribution in [0.2, 0.25) is 0 Å². The summed E-state index contributed by atoms with van der Waals surface area (Å²) in [5, 5.41) is 4.22. The number of aromatic nitrogens is 1. The zero-order valence-corrected chi connectivity index (χ0v) is 17.5. The van der Waals surface area contributed by atoms with E-state index < -0.39 is 0 Å². The van der Waals surface area contributed by atoms with E-state index in [1.807, 2.05) is 121 Å². The first-order chi connectivity index (χ1) is 15.9. The summed E-state index contributed by atoms with van der Waals surface area (Å²) in [4.78, 5) is 8.94. The molecule has 0 aliphatic carbocycles. The lowest BCUT2D eigenvalue weighted by molar-refractivity contribution is 0.557. The number of amidine groups is 1. The molecule has 0 atom stereocenters. The van der Waals surface area contributed by atoms with E-state index in [2.05, 4.69) is 20.5 Å². The van der Waals surface area contributed by atoms with Crippen LogP contribution in [0.1, 0.15) is 11.5 Å². The Morgan fingerprint density at radius 3 is 2.16 bits per heavy atom. The van der Waals surface area contributed by atoms with Crippen molar-refractivity contribution in [2.24, 2.45) is 10.1 Å². The SMILES string of the molecule is C(=C\C=C\C=C\c1ccco1)/C=C/C=C/C=N/NC(=Nc1ccccc1)c1ccccn1. The molecule has 3 aromatic rings. The standard InChI is InChI=1S/C27H24N4O/c1(2-4-6-11-18-25-19-15-23-32-25)3-5-7-13-22-29-31-27(26-20-12-14-21-28-26)30-24-16-9-8-10-17-24/h1-23H,(H,30,31)/b2-1+,5-3+,6-4+,13-7+,18-11+,29-22+. The van der Waals surface area contributed by atoms with Crippen LogP contribution < -0.4 is 5.43 Å². The van der Waals surface area contributed by atoms with Gasteiger partial charge in [0.05, 0.1) is 12.0 Å². The number of aliphatic imine (C=N–C) groups is 1. The Balaban J connectivity index is 1.46. The van der Waals surface area contributed by atoms with Crippen LogP contribution in [0.5, 0.6) is 0 Å². The lowest BCUT2D eigenvalue weighted by Gasteiger charge is -2.04. The van der Waals surface area contributed by atoms with Crippen LogP contribution in [-0.4, -0.2) is 17.0 Å². The Bertz CT molecular complexity index is 1120. The van der Waals surface area contributed by atoms with Crippen molar-refractivity contribution >= 4 is 23.8 Å². The molecule has 0 aliphatic rings. The predicted molar refractivity (Wildman–Crippen MR) is 133 cm³/mol. The van der Waals surface area contributed by atoms with Crippen LogP contribution in [0.15, 0.2) is 142 Å². The van der Waals surface area contributed by atoms with Gasteiger partial charge in [-0.2, -0.15) is 5.10 Å². The number of hydrazone groups is 1. The van der Waals surface area contributed by atoms with Gasteiger partial charge in [0, 0.05) is 12.4 Å². The first-order valence-corrected chi connectivity index (χ1v) is 10.1. The highest BCUT2D eigenvalue weighted by molar-refractivity contribution is 5.98. The summed E-state index contributed by atoms with van der Waals surface area (Å²) in [6.45, 7) is 0. The van der Waals surface area contributed by atoms with E-state index in [1.54, 1.807) is 18.7 Å². The van der Waals surface area contributed by atoms with Crippen molar-refractivity contribution in [3.63, 3.8) is 0 Å². The summed E-state index contributed by atoms with van der Waals surface area (Å²) in [5.41, 5.74) is 4.51. The van der Waals surface area contributed by atoms with Gasteiger partial charge >= 0.3 is 0 Å². The molecule has 32 heavy (non-hydrogen) atoms. The van der Waals surface area contributed by atoms with E-state index in [0.717, 1.165) is 17.1 Å². The Kier molecular flexibility index (Phi) is 9.47. The lowest BCUT2D eigenvalue weighted by atomic mass is 10.3. The minimum absolute atomic E-state index is 0.577. The largest absolute Gasteiger partial charge is 0.465 e. The van der Waals surface area contributed by atoms with E-state index in [-0.39, 0.29) is 0 Å². The van der Waals surface area contributed by atoms with Gasteiger partial charge in [-0.3, -0.25) is 10.4 Å². The number of hydrogen-bond acceptors (Lipinski definition) is 4. The third-order valence-electron chi connectivity index (χ3n) is 3.93. The second-order valence-corrected chi connectivity index (χ2v) is 6.32. The average Bonchev–Trinajstić information content (AvgIpc) is 3.36. The van der Waals surface area contributed by atoms with Gasteiger partial charge in [0.2, 0.25) is 0 Å². The maximum absolute atomic E-state index is 5.21. The molecule has 3 rings (SSSR count). The molecule has 0 spiro atoms. The van der Waals surface area contributed by atoms with Crippen LogP contribution in [0.25, 0.3) is 6.08 Å². The number of furan rings is 1. The van der Waals surface area contributed by atoms with Crippen molar-refractivity contribution in [2.75, 3.05) is 0 Å². The maximum atomic E-state index is 5.21. The van der Waals surface area contributed by atoms with Gasteiger partial charge in [0.1, 0.15) is 11.5 Å². The number of nitrogens with one attached hydrogen (secondary N) is 1. The second-order valence-electron chi connectivity index (χ2n) is 6.32. The second kappa shape index (κ2) is 13.7. The van der Waals surface area contributed by atoms with E-state index in [9.17, 15) is 0 Å². The Hall–Kier alpha value is -4.51. The molecule has 5 nitrogen and oxygen atoms in total. The summed E-state index contributed by atoms with van der Waals surface area (Å²) in [7, 11) is 0. The molecule has 0 amide bonds. The van der Waals surface area contributed by atoms with Crippen LogP contribution in [0.3, 0.4) is 0 Å². The van der Waals surface area contributed by atoms with Crippen LogP contribution in [-0.2, 0) is 0 Å². The average molecular weight is 421 g/mol. The number of nitrogens with zero attached hydrogens (tertiary/aromatic N) is 3. The van der Waals surface area contributed by atoms with Crippen LogP contribution in [0, 0.1) is 0 Å². The summed E-state index contributed by atoms with van der Waals surface area (Å²) >= 11 is 0. The molecule has 158 valence electrons. The zero-order valence-electron chi connectivity index (χ0n) is 17.5. The number of benzene rings is 1. The highest BCUT2D eigenvalue weighted by Crippen LogP contribution is 2.11. The van der Waals surface area contributed by atoms with Gasteiger partial charge < -0.3 is 4.42 Å². The summed E-state index contributed by atoms with van der Waals surface area (Å²) in [6, 6.07) is 19.1. The molecule has 0 bridgehead atoms. The van der Waals surface area contributed by atoms with Gasteiger partial charge in [0.25, 0.3) is 0 Å². The molecule has 5 heteroatoms. The smallest absolute Gasteiger partial charge is 0.172 e. The van der Waals surface area contributed by atoms with Gasteiger partial charge in [-0.05, 0) is 48.6 Å². The molecule has 1 aromatic carbocycles. The van der Waals surface area contributed by atoms with Gasteiger partial charge in [-0.15, -0.1) is 0 Å². The summed E-state index contributed by atoms with van der Waals surface area (Å²) in [5.74, 6) is 1.41. The molecule has 2 heterocycles. The van der Waals surface area contributed by atoms with E-state index in [0.29, 0.717) is 5.84 Å². The molecule has 0 aliphatic heterocycles. The summed E-state index contributed by atoms with van der Waals surface area (Å²) in [6.07, 6.45) is 24.2. The quantitative estimate of drug-likeness (QED) is 0.192. The number of para-hydroxylation sites is 1. The predicted octanol–water partition coefficient (Wildman–Crippen LogP) is 6.27. The number of pyridine rings is 1. The highest BCUT2D eigenvalue weighted by Gasteiger charge is 2.03. The topological polar surface area (TPSA) is 62.8 Å². The molecule has 1 N–H and O–H groups in total. The monoisotopic (exact) mass is 420 g/mol. The van der Waals surface area contributed by atoms with Gasteiger partial charge in [-0.25, -0.2) is 4.99 Å². The van der Waals surface area contributed by atoms with E-state index in [1.165, 1.54) is 0 Å². The molecule has 0 saturated heterocycles. The third kappa shape index (κ3) is 8.47. The lowest BCUT2D eigenvalue weighted by Crippen LogP contribution is -2.19. The van der Waals surface area contributed by atoms with Crippen molar-refractivity contribution in [1.29, 1.82) is 0 Å². The molecule has 0 fully saturated rings. The molecule has 0 unspecified atom stereocenters. The molecule has 2 aromatic heterocycles. The fraction of sp³-hybridized carbons (Fsp3) is 0. The number of hydrogen-bond donors (Lipinski definition) is 1.